The summed E-state index contributed by atoms with van der Waals surface area (Å²) in [5.74, 6) is -0.311. The van der Waals surface area contributed by atoms with Crippen LogP contribution >= 0.6 is 0 Å². The van der Waals surface area contributed by atoms with Crippen LogP contribution in [0.2, 0.25) is 0 Å². The fourth-order valence-electron chi connectivity index (χ4n) is 1.80. The van der Waals surface area contributed by atoms with Crippen LogP contribution in [0, 0.1) is 0 Å². The van der Waals surface area contributed by atoms with Crippen molar-refractivity contribution < 1.29 is 22.7 Å². The highest BCUT2D eigenvalue weighted by Crippen LogP contribution is 2.17. The third-order valence-electron chi connectivity index (χ3n) is 2.65. The second-order valence-electron chi connectivity index (χ2n) is 4.19. The van der Waals surface area contributed by atoms with Gasteiger partial charge >= 0.3 is 6.18 Å². The zero-order chi connectivity index (χ0) is 12.9. The number of amides is 1. The second-order valence-corrected chi connectivity index (χ2v) is 4.19. The molecule has 0 spiro atoms. The van der Waals surface area contributed by atoms with E-state index in [1.165, 1.54) is 0 Å². The van der Waals surface area contributed by atoms with Crippen LogP contribution in [0.1, 0.15) is 25.7 Å². The second kappa shape index (κ2) is 6.20. The van der Waals surface area contributed by atoms with E-state index in [2.05, 4.69) is 10.1 Å². The van der Waals surface area contributed by atoms with E-state index in [1.54, 1.807) is 0 Å². The quantitative estimate of drug-likeness (QED) is 0.718. The number of hydrogen-bond donors (Lipinski definition) is 2. The average molecular weight is 254 g/mol. The molecule has 0 saturated heterocycles. The summed E-state index contributed by atoms with van der Waals surface area (Å²) < 4.78 is 39.5. The molecule has 0 aromatic heterocycles. The van der Waals surface area contributed by atoms with Gasteiger partial charge in [-0.25, -0.2) is 0 Å². The summed E-state index contributed by atoms with van der Waals surface area (Å²) in [7, 11) is 0. The first-order valence-electron chi connectivity index (χ1n) is 5.58. The lowest BCUT2D eigenvalue weighted by atomic mass is 10.2. The van der Waals surface area contributed by atoms with Gasteiger partial charge in [0.1, 0.15) is 6.61 Å². The van der Waals surface area contributed by atoms with Gasteiger partial charge in [-0.1, -0.05) is 0 Å². The van der Waals surface area contributed by atoms with Crippen molar-refractivity contribution in [3.8, 4) is 0 Å². The molecule has 2 unspecified atom stereocenters. The number of alkyl halides is 3. The van der Waals surface area contributed by atoms with Gasteiger partial charge in [0.25, 0.3) is 0 Å². The van der Waals surface area contributed by atoms with Crippen molar-refractivity contribution in [1.82, 2.24) is 5.32 Å². The average Bonchev–Trinajstić information content (AvgIpc) is 2.58. The fraction of sp³-hybridized carbons (Fsp3) is 0.900. The molecule has 0 aromatic carbocycles. The van der Waals surface area contributed by atoms with Gasteiger partial charge in [-0.3, -0.25) is 4.79 Å². The molecule has 1 fully saturated rings. The van der Waals surface area contributed by atoms with Gasteiger partial charge in [0.2, 0.25) is 5.91 Å². The van der Waals surface area contributed by atoms with Gasteiger partial charge < -0.3 is 15.8 Å². The first-order chi connectivity index (χ1) is 7.88. The monoisotopic (exact) mass is 254 g/mol. The smallest absolute Gasteiger partial charge is 0.372 e. The standard InChI is InChI=1S/C10H17F3N2O2/c11-10(12,13)6-17-5-4-9(16)15-8-3-1-2-7(8)14/h7-8H,1-6,14H2,(H,15,16). The van der Waals surface area contributed by atoms with Crippen molar-refractivity contribution in [3.63, 3.8) is 0 Å². The summed E-state index contributed by atoms with van der Waals surface area (Å²) >= 11 is 0. The third-order valence-corrected chi connectivity index (χ3v) is 2.65. The predicted molar refractivity (Wildman–Crippen MR) is 55.2 cm³/mol. The van der Waals surface area contributed by atoms with E-state index in [1.807, 2.05) is 0 Å². The number of rotatable bonds is 5. The lowest BCUT2D eigenvalue weighted by molar-refractivity contribution is -0.174. The third kappa shape index (κ3) is 5.88. The van der Waals surface area contributed by atoms with Crippen molar-refractivity contribution in [3.05, 3.63) is 0 Å². The van der Waals surface area contributed by atoms with Crippen molar-refractivity contribution in [2.75, 3.05) is 13.2 Å². The molecule has 1 aliphatic rings. The van der Waals surface area contributed by atoms with Crippen molar-refractivity contribution >= 4 is 5.91 Å². The van der Waals surface area contributed by atoms with Crippen molar-refractivity contribution in [2.45, 2.75) is 43.9 Å². The molecule has 3 N–H and O–H groups in total. The normalized spacial score (nSPS) is 24.9. The summed E-state index contributed by atoms with van der Waals surface area (Å²) in [6, 6.07) is -0.0971. The lowest BCUT2D eigenvalue weighted by Gasteiger charge is -2.17. The lowest BCUT2D eigenvalue weighted by Crippen LogP contribution is -2.44. The minimum absolute atomic E-state index is 0.0463. The number of nitrogens with one attached hydrogen (secondary N) is 1. The first kappa shape index (κ1) is 14.2. The van der Waals surface area contributed by atoms with Crippen LogP contribution in [-0.2, 0) is 9.53 Å². The maximum atomic E-state index is 11.7. The van der Waals surface area contributed by atoms with E-state index >= 15 is 0 Å². The van der Waals surface area contributed by atoms with E-state index in [0.29, 0.717) is 0 Å². The Morgan fingerprint density at radius 1 is 1.41 bits per heavy atom. The van der Waals surface area contributed by atoms with Crippen molar-refractivity contribution in [1.29, 1.82) is 0 Å². The van der Waals surface area contributed by atoms with Crippen LogP contribution in [0.5, 0.6) is 0 Å². The summed E-state index contributed by atoms with van der Waals surface area (Å²) in [6.07, 6.45) is -1.74. The molecule has 0 radical (unpaired) electrons. The molecule has 1 aliphatic carbocycles. The van der Waals surface area contributed by atoms with Crippen molar-refractivity contribution in [2.24, 2.45) is 5.73 Å². The Labute approximate surface area is 97.7 Å². The molecule has 1 saturated carbocycles. The molecule has 2 atom stereocenters. The fourth-order valence-corrected chi connectivity index (χ4v) is 1.80. The highest BCUT2D eigenvalue weighted by Gasteiger charge is 2.28. The Hall–Kier alpha value is -0.820. The zero-order valence-corrected chi connectivity index (χ0v) is 9.43. The van der Waals surface area contributed by atoms with Gasteiger partial charge in [-0.05, 0) is 19.3 Å². The van der Waals surface area contributed by atoms with Gasteiger partial charge in [0.05, 0.1) is 6.61 Å². The Bertz CT molecular complexity index is 258. The van der Waals surface area contributed by atoms with Crippen LogP contribution < -0.4 is 11.1 Å². The Kier molecular flexibility index (Phi) is 5.20. The maximum absolute atomic E-state index is 11.7. The number of carbonyl (C=O) groups excluding carboxylic acids is 1. The molecule has 0 heterocycles. The highest BCUT2D eigenvalue weighted by atomic mass is 19.4. The summed E-state index contributed by atoms with van der Waals surface area (Å²) in [4.78, 5) is 11.3. The van der Waals surface area contributed by atoms with Gasteiger partial charge in [-0.15, -0.1) is 0 Å². The molecule has 1 amide bonds. The van der Waals surface area contributed by atoms with E-state index in [-0.39, 0.29) is 31.0 Å². The van der Waals surface area contributed by atoms with E-state index < -0.39 is 12.8 Å². The van der Waals surface area contributed by atoms with E-state index in [4.69, 9.17) is 5.73 Å². The number of halogens is 3. The first-order valence-corrected chi connectivity index (χ1v) is 5.58. The van der Waals surface area contributed by atoms with Crippen LogP contribution in [0.4, 0.5) is 13.2 Å². The molecule has 0 aromatic rings. The molecule has 17 heavy (non-hydrogen) atoms. The van der Waals surface area contributed by atoms with Gasteiger partial charge in [0.15, 0.2) is 0 Å². The highest BCUT2D eigenvalue weighted by molar-refractivity contribution is 5.76. The largest absolute Gasteiger partial charge is 0.411 e. The van der Waals surface area contributed by atoms with Gasteiger partial charge in [-0.2, -0.15) is 13.2 Å². The summed E-state index contributed by atoms with van der Waals surface area (Å²) in [5, 5.41) is 2.70. The molecule has 4 nitrogen and oxygen atoms in total. The number of hydrogen-bond acceptors (Lipinski definition) is 3. The number of carbonyl (C=O) groups is 1. The van der Waals surface area contributed by atoms with Crippen LogP contribution in [0.3, 0.4) is 0 Å². The zero-order valence-electron chi connectivity index (χ0n) is 9.43. The van der Waals surface area contributed by atoms with Gasteiger partial charge in [0, 0.05) is 18.5 Å². The molecule has 0 aliphatic heterocycles. The Morgan fingerprint density at radius 2 is 2.12 bits per heavy atom. The Morgan fingerprint density at radius 3 is 2.65 bits per heavy atom. The molecular weight excluding hydrogens is 237 g/mol. The van der Waals surface area contributed by atoms with Crippen LogP contribution in [0.15, 0.2) is 0 Å². The SMILES string of the molecule is NC1CCCC1NC(=O)CCOCC(F)(F)F. The summed E-state index contributed by atoms with van der Waals surface area (Å²) in [6.45, 7) is -1.55. The topological polar surface area (TPSA) is 64.3 Å². The number of ether oxygens (including phenoxy) is 1. The van der Waals surface area contributed by atoms with Crippen LogP contribution in [0.25, 0.3) is 0 Å². The molecular formula is C10H17F3N2O2. The molecule has 1 rings (SSSR count). The van der Waals surface area contributed by atoms with E-state index in [9.17, 15) is 18.0 Å². The minimum atomic E-state index is -4.34. The Balaban J connectivity index is 2.09. The minimum Gasteiger partial charge on any atom is -0.372 e. The summed E-state index contributed by atoms with van der Waals surface area (Å²) in [5.41, 5.74) is 5.74. The molecule has 100 valence electrons. The molecule has 7 heteroatoms. The number of nitrogens with two attached hydrogens (primary N) is 1. The predicted octanol–water partition coefficient (Wildman–Crippen LogP) is 0.951. The van der Waals surface area contributed by atoms with E-state index in [0.717, 1.165) is 19.3 Å². The molecule has 0 bridgehead atoms. The maximum Gasteiger partial charge on any atom is 0.411 e. The van der Waals surface area contributed by atoms with Crippen LogP contribution in [-0.4, -0.2) is 37.4 Å².